The standard InChI is InChI=1S/C52H34N4S/c1-33-20-22-34(23-21-33)39-24-27-41-40-16-8-10-18-45(40)56(47(41)32-39)46-28-25-37(38-26-29-49-43(30-38)42-17-9-11-19-48(42)57-49)31-44(46)52-54-50(35-12-4-2-5-13-35)53-51(55-52)36-14-6-3-7-15-36/h2-32H,1H3. The smallest absolute Gasteiger partial charge is 0.166 e. The van der Waals surface area contributed by atoms with E-state index < -0.39 is 0 Å². The maximum atomic E-state index is 5.29. The zero-order chi connectivity index (χ0) is 37.9. The van der Waals surface area contributed by atoms with Crippen LogP contribution < -0.4 is 0 Å². The van der Waals surface area contributed by atoms with Crippen LogP contribution in [-0.4, -0.2) is 19.5 Å². The predicted molar refractivity (Wildman–Crippen MR) is 239 cm³/mol. The van der Waals surface area contributed by atoms with Gasteiger partial charge in [-0.2, -0.15) is 0 Å². The minimum Gasteiger partial charge on any atom is -0.308 e. The summed E-state index contributed by atoms with van der Waals surface area (Å²) < 4.78 is 4.97. The fraction of sp³-hybridized carbons (Fsp3) is 0.0192. The second-order valence-electron chi connectivity index (χ2n) is 14.5. The Labute approximate surface area is 334 Å². The van der Waals surface area contributed by atoms with E-state index >= 15 is 0 Å². The molecule has 11 aromatic rings. The van der Waals surface area contributed by atoms with Gasteiger partial charge in [0.2, 0.25) is 0 Å². The molecule has 0 N–H and O–H groups in total. The third-order valence-corrected chi connectivity index (χ3v) is 12.1. The van der Waals surface area contributed by atoms with Crippen molar-refractivity contribution in [3.63, 3.8) is 0 Å². The highest BCUT2D eigenvalue weighted by Crippen LogP contribution is 2.41. The van der Waals surface area contributed by atoms with Crippen molar-refractivity contribution in [2.24, 2.45) is 0 Å². The van der Waals surface area contributed by atoms with E-state index in [0.717, 1.165) is 44.5 Å². The first-order valence-corrected chi connectivity index (χ1v) is 20.0. The number of aryl methyl sites for hydroxylation is 1. The molecule has 3 aromatic heterocycles. The Hall–Kier alpha value is -7.21. The number of thiophene rings is 1. The first-order valence-electron chi connectivity index (χ1n) is 19.2. The second-order valence-corrected chi connectivity index (χ2v) is 15.6. The van der Waals surface area contributed by atoms with E-state index in [-0.39, 0.29) is 0 Å². The van der Waals surface area contributed by atoms with E-state index in [1.165, 1.54) is 47.6 Å². The minimum absolute atomic E-state index is 0.613. The molecule has 0 saturated carbocycles. The van der Waals surface area contributed by atoms with Crippen molar-refractivity contribution in [1.29, 1.82) is 0 Å². The molecular formula is C52H34N4S. The summed E-state index contributed by atoms with van der Waals surface area (Å²) in [5.41, 5.74) is 11.9. The Bertz CT molecular complexity index is 3230. The SMILES string of the molecule is Cc1ccc(-c2ccc3c4ccccc4n(-c4ccc(-c5ccc6sc7ccccc7c6c5)cc4-c4nc(-c5ccccc5)nc(-c5ccccc5)n4)c3c2)cc1. The van der Waals surface area contributed by atoms with Gasteiger partial charge in [-0.1, -0.05) is 151 Å². The number of fused-ring (bicyclic) bond motifs is 6. The number of para-hydroxylation sites is 1. The number of aromatic nitrogens is 4. The number of hydrogen-bond acceptors (Lipinski definition) is 4. The van der Waals surface area contributed by atoms with Gasteiger partial charge >= 0.3 is 0 Å². The van der Waals surface area contributed by atoms with Crippen LogP contribution in [0.25, 0.3) is 104 Å². The molecule has 0 fully saturated rings. The molecule has 0 amide bonds. The van der Waals surface area contributed by atoms with Gasteiger partial charge in [0.1, 0.15) is 0 Å². The zero-order valence-electron chi connectivity index (χ0n) is 31.1. The predicted octanol–water partition coefficient (Wildman–Crippen LogP) is 14.0. The van der Waals surface area contributed by atoms with Crippen molar-refractivity contribution in [3.05, 3.63) is 194 Å². The Morgan fingerprint density at radius 1 is 0.368 bits per heavy atom. The molecule has 57 heavy (non-hydrogen) atoms. The van der Waals surface area contributed by atoms with Crippen molar-refractivity contribution in [2.45, 2.75) is 6.92 Å². The molecule has 0 aliphatic carbocycles. The Kier molecular flexibility index (Phi) is 7.86. The summed E-state index contributed by atoms with van der Waals surface area (Å²) in [6.07, 6.45) is 0. The summed E-state index contributed by atoms with van der Waals surface area (Å²) in [4.78, 5) is 15.6. The van der Waals surface area contributed by atoms with Crippen LogP contribution in [0.3, 0.4) is 0 Å². The van der Waals surface area contributed by atoms with Crippen molar-refractivity contribution in [1.82, 2.24) is 19.5 Å². The van der Waals surface area contributed by atoms with Gasteiger partial charge in [0.25, 0.3) is 0 Å². The lowest BCUT2D eigenvalue weighted by Crippen LogP contribution is -2.04. The molecule has 8 aromatic carbocycles. The maximum absolute atomic E-state index is 5.29. The largest absolute Gasteiger partial charge is 0.308 e. The van der Waals surface area contributed by atoms with Crippen LogP contribution in [0.5, 0.6) is 0 Å². The number of benzene rings is 8. The van der Waals surface area contributed by atoms with Gasteiger partial charge in [-0.05, 0) is 71.6 Å². The molecule has 11 rings (SSSR count). The molecule has 4 nitrogen and oxygen atoms in total. The number of hydrogen-bond donors (Lipinski definition) is 0. The topological polar surface area (TPSA) is 43.6 Å². The molecule has 268 valence electrons. The van der Waals surface area contributed by atoms with Crippen LogP contribution in [0.1, 0.15) is 5.56 Å². The molecule has 0 spiro atoms. The number of nitrogens with zero attached hydrogens (tertiary/aromatic N) is 4. The molecule has 0 aliphatic heterocycles. The molecule has 3 heterocycles. The average molecular weight is 747 g/mol. The minimum atomic E-state index is 0.613. The normalized spacial score (nSPS) is 11.6. The van der Waals surface area contributed by atoms with Gasteiger partial charge in [0, 0.05) is 47.6 Å². The van der Waals surface area contributed by atoms with Crippen LogP contribution >= 0.6 is 11.3 Å². The first kappa shape index (κ1) is 33.2. The molecule has 0 aliphatic rings. The van der Waals surface area contributed by atoms with Crippen molar-refractivity contribution in [3.8, 4) is 62.1 Å². The van der Waals surface area contributed by atoms with Crippen LogP contribution in [0, 0.1) is 6.92 Å². The first-order chi connectivity index (χ1) is 28.1. The van der Waals surface area contributed by atoms with Crippen LogP contribution in [0.15, 0.2) is 188 Å². The van der Waals surface area contributed by atoms with E-state index in [4.69, 9.17) is 15.0 Å². The van der Waals surface area contributed by atoms with E-state index in [1.807, 2.05) is 47.7 Å². The van der Waals surface area contributed by atoms with Crippen LogP contribution in [0.4, 0.5) is 0 Å². The summed E-state index contributed by atoms with van der Waals surface area (Å²) in [6.45, 7) is 2.13. The average Bonchev–Trinajstić information content (AvgIpc) is 3.82. The number of rotatable bonds is 6. The third-order valence-electron chi connectivity index (χ3n) is 10.9. The van der Waals surface area contributed by atoms with Crippen molar-refractivity contribution >= 4 is 53.3 Å². The summed E-state index contributed by atoms with van der Waals surface area (Å²) in [5, 5.41) is 4.93. The highest BCUT2D eigenvalue weighted by molar-refractivity contribution is 7.25. The lowest BCUT2D eigenvalue weighted by molar-refractivity contribution is 1.06. The highest BCUT2D eigenvalue weighted by atomic mass is 32.1. The lowest BCUT2D eigenvalue weighted by Gasteiger charge is -2.17. The molecule has 0 saturated heterocycles. The second kappa shape index (κ2) is 13.5. The quantitative estimate of drug-likeness (QED) is 0.170. The Morgan fingerprint density at radius 2 is 0.912 bits per heavy atom. The van der Waals surface area contributed by atoms with Crippen LogP contribution in [0.2, 0.25) is 0 Å². The van der Waals surface area contributed by atoms with Gasteiger partial charge in [0.15, 0.2) is 17.5 Å². The van der Waals surface area contributed by atoms with Crippen molar-refractivity contribution in [2.75, 3.05) is 0 Å². The summed E-state index contributed by atoms with van der Waals surface area (Å²) in [7, 11) is 0. The van der Waals surface area contributed by atoms with E-state index in [9.17, 15) is 0 Å². The monoisotopic (exact) mass is 746 g/mol. The van der Waals surface area contributed by atoms with Gasteiger partial charge in [-0.25, -0.2) is 15.0 Å². The Morgan fingerprint density at radius 3 is 1.67 bits per heavy atom. The highest BCUT2D eigenvalue weighted by Gasteiger charge is 2.21. The lowest BCUT2D eigenvalue weighted by atomic mass is 9.99. The van der Waals surface area contributed by atoms with E-state index in [0.29, 0.717) is 17.5 Å². The van der Waals surface area contributed by atoms with E-state index in [1.54, 1.807) is 0 Å². The fourth-order valence-corrected chi connectivity index (χ4v) is 9.17. The van der Waals surface area contributed by atoms with Crippen molar-refractivity contribution < 1.29 is 0 Å². The summed E-state index contributed by atoms with van der Waals surface area (Å²) >= 11 is 1.84. The molecule has 0 radical (unpaired) electrons. The zero-order valence-corrected chi connectivity index (χ0v) is 31.9. The summed E-state index contributed by atoms with van der Waals surface area (Å²) in [6, 6.07) is 66.9. The molecule has 0 atom stereocenters. The van der Waals surface area contributed by atoms with E-state index in [2.05, 4.69) is 163 Å². The summed E-state index contributed by atoms with van der Waals surface area (Å²) in [5.74, 6) is 1.87. The Balaban J connectivity index is 1.20. The van der Waals surface area contributed by atoms with Gasteiger partial charge in [0.05, 0.1) is 16.7 Å². The van der Waals surface area contributed by atoms with Crippen LogP contribution in [-0.2, 0) is 0 Å². The fourth-order valence-electron chi connectivity index (χ4n) is 8.08. The van der Waals surface area contributed by atoms with Gasteiger partial charge < -0.3 is 4.57 Å². The molecule has 0 bridgehead atoms. The maximum Gasteiger partial charge on any atom is 0.166 e. The third kappa shape index (κ3) is 5.79. The molecule has 0 unspecified atom stereocenters. The molecular weight excluding hydrogens is 713 g/mol. The van der Waals surface area contributed by atoms with Gasteiger partial charge in [-0.15, -0.1) is 11.3 Å². The molecule has 5 heteroatoms. The van der Waals surface area contributed by atoms with Gasteiger partial charge in [-0.3, -0.25) is 0 Å².